The molecule has 0 spiro atoms. The normalized spacial score (nSPS) is 12.0. The molecule has 3 nitrogen and oxygen atoms in total. The molecule has 1 rings (SSSR count). The highest BCUT2D eigenvalue weighted by atomic mass is 19.4. The van der Waals surface area contributed by atoms with E-state index in [0.717, 1.165) is 11.0 Å². The van der Waals surface area contributed by atoms with Gasteiger partial charge in [-0.25, -0.2) is 4.98 Å². The molecule has 0 saturated heterocycles. The minimum absolute atomic E-state index is 1.00. The summed E-state index contributed by atoms with van der Waals surface area (Å²) >= 11 is 0. The molecule has 0 radical (unpaired) electrons. The number of aryl methyl sites for hydroxylation is 1. The number of aromatic nitrogens is 3. The van der Waals surface area contributed by atoms with E-state index in [2.05, 4.69) is 10.1 Å². The average Bonchev–Trinajstić information content (AvgIpc) is 2.11. The van der Waals surface area contributed by atoms with Gasteiger partial charge >= 0.3 is 6.18 Å². The summed E-state index contributed by atoms with van der Waals surface area (Å²) in [6.45, 7) is 0. The molecule has 0 aliphatic rings. The SMILES string of the molecule is Cn1cnc(C(F)(F)F)n1. The smallest absolute Gasteiger partial charge is 0.255 e. The van der Waals surface area contributed by atoms with Crippen LogP contribution in [0.3, 0.4) is 0 Å². The summed E-state index contributed by atoms with van der Waals surface area (Å²) in [7, 11) is 1.38. The van der Waals surface area contributed by atoms with Gasteiger partial charge in [0.05, 0.1) is 0 Å². The molecule has 1 aromatic heterocycles. The van der Waals surface area contributed by atoms with E-state index in [1.165, 1.54) is 7.05 Å². The van der Waals surface area contributed by atoms with Gasteiger partial charge < -0.3 is 0 Å². The molecule has 10 heavy (non-hydrogen) atoms. The van der Waals surface area contributed by atoms with Gasteiger partial charge in [0, 0.05) is 7.05 Å². The fourth-order valence-corrected chi connectivity index (χ4v) is 0.469. The summed E-state index contributed by atoms with van der Waals surface area (Å²) in [5.74, 6) is -1.10. The molecule has 56 valence electrons. The molecular formula is C4H4F3N3. The maximum atomic E-state index is 11.7. The lowest BCUT2D eigenvalue weighted by Gasteiger charge is -1.97. The third kappa shape index (κ3) is 1.26. The number of alkyl halides is 3. The van der Waals surface area contributed by atoms with E-state index in [4.69, 9.17) is 0 Å². The topological polar surface area (TPSA) is 30.7 Å². The zero-order chi connectivity index (χ0) is 7.78. The molecule has 0 fully saturated rings. The lowest BCUT2D eigenvalue weighted by atomic mass is 10.6. The van der Waals surface area contributed by atoms with Gasteiger partial charge in [0.25, 0.3) is 5.82 Å². The summed E-state index contributed by atoms with van der Waals surface area (Å²) in [6, 6.07) is 0. The Morgan fingerprint density at radius 2 is 2.10 bits per heavy atom. The van der Waals surface area contributed by atoms with Crippen LogP contribution in [0.4, 0.5) is 13.2 Å². The fourth-order valence-electron chi connectivity index (χ4n) is 0.469. The van der Waals surface area contributed by atoms with Crippen LogP contribution in [0.1, 0.15) is 5.82 Å². The van der Waals surface area contributed by atoms with Crippen molar-refractivity contribution in [3.63, 3.8) is 0 Å². The third-order valence-corrected chi connectivity index (χ3v) is 0.853. The summed E-state index contributed by atoms with van der Waals surface area (Å²) in [6.07, 6.45) is -3.43. The predicted molar refractivity (Wildman–Crippen MR) is 26.0 cm³/mol. The number of rotatable bonds is 0. The molecule has 0 bridgehead atoms. The molecule has 0 aromatic carbocycles. The van der Waals surface area contributed by atoms with E-state index in [0.29, 0.717) is 0 Å². The quantitative estimate of drug-likeness (QED) is 0.549. The van der Waals surface area contributed by atoms with Crippen molar-refractivity contribution in [2.45, 2.75) is 6.18 Å². The Bertz CT molecular complexity index is 226. The van der Waals surface area contributed by atoms with Gasteiger partial charge in [-0.15, -0.1) is 5.10 Å². The lowest BCUT2D eigenvalue weighted by molar-refractivity contribution is -0.144. The highest BCUT2D eigenvalue weighted by Gasteiger charge is 2.35. The second-order valence-electron chi connectivity index (χ2n) is 1.74. The third-order valence-electron chi connectivity index (χ3n) is 0.853. The lowest BCUT2D eigenvalue weighted by Crippen LogP contribution is -2.08. The molecule has 0 atom stereocenters. The number of halogens is 3. The van der Waals surface area contributed by atoms with Crippen molar-refractivity contribution in [2.75, 3.05) is 0 Å². The van der Waals surface area contributed by atoms with Crippen molar-refractivity contribution in [3.05, 3.63) is 12.2 Å². The zero-order valence-corrected chi connectivity index (χ0v) is 5.05. The monoisotopic (exact) mass is 151 g/mol. The summed E-state index contributed by atoms with van der Waals surface area (Å²) in [5.41, 5.74) is 0. The van der Waals surface area contributed by atoms with Crippen molar-refractivity contribution >= 4 is 0 Å². The van der Waals surface area contributed by atoms with Crippen molar-refractivity contribution < 1.29 is 13.2 Å². The van der Waals surface area contributed by atoms with Crippen LogP contribution in [0.25, 0.3) is 0 Å². The minimum Gasteiger partial charge on any atom is -0.255 e. The first-order valence-electron chi connectivity index (χ1n) is 2.43. The molecule has 0 aliphatic heterocycles. The molecule has 1 aromatic rings. The molecule has 6 heteroatoms. The Labute approximate surface area is 54.5 Å². The molecule has 0 saturated carbocycles. The Morgan fingerprint density at radius 3 is 2.30 bits per heavy atom. The minimum atomic E-state index is -4.43. The van der Waals surface area contributed by atoms with Gasteiger partial charge in [-0.05, 0) is 0 Å². The zero-order valence-electron chi connectivity index (χ0n) is 5.05. The second-order valence-corrected chi connectivity index (χ2v) is 1.74. The van der Waals surface area contributed by atoms with Crippen LogP contribution in [0.2, 0.25) is 0 Å². The first kappa shape index (κ1) is 7.04. The highest BCUT2D eigenvalue weighted by Crippen LogP contribution is 2.24. The molecule has 0 amide bonds. The van der Waals surface area contributed by atoms with Crippen molar-refractivity contribution in [2.24, 2.45) is 7.05 Å². The second kappa shape index (κ2) is 1.96. The molecule has 0 unspecified atom stereocenters. The Hall–Kier alpha value is -1.07. The highest BCUT2D eigenvalue weighted by molar-refractivity contribution is 4.86. The van der Waals surface area contributed by atoms with Crippen LogP contribution >= 0.6 is 0 Å². The van der Waals surface area contributed by atoms with Crippen molar-refractivity contribution in [1.29, 1.82) is 0 Å². The van der Waals surface area contributed by atoms with Crippen molar-refractivity contribution in [3.8, 4) is 0 Å². The van der Waals surface area contributed by atoms with E-state index >= 15 is 0 Å². The fraction of sp³-hybridized carbons (Fsp3) is 0.500. The molecular weight excluding hydrogens is 147 g/mol. The van der Waals surface area contributed by atoms with Gasteiger partial charge in [0.1, 0.15) is 6.33 Å². The Kier molecular flexibility index (Phi) is 1.38. The van der Waals surface area contributed by atoms with Crippen LogP contribution in [-0.4, -0.2) is 14.8 Å². The number of nitrogens with zero attached hydrogens (tertiary/aromatic N) is 3. The first-order chi connectivity index (χ1) is 4.50. The van der Waals surface area contributed by atoms with E-state index < -0.39 is 12.0 Å². The van der Waals surface area contributed by atoms with Crippen LogP contribution in [0.15, 0.2) is 6.33 Å². The Morgan fingerprint density at radius 1 is 1.50 bits per heavy atom. The molecule has 0 aliphatic carbocycles. The summed E-state index contributed by atoms with van der Waals surface area (Å²) in [4.78, 5) is 3.01. The van der Waals surface area contributed by atoms with E-state index in [-0.39, 0.29) is 0 Å². The summed E-state index contributed by atoms with van der Waals surface area (Å²) < 4.78 is 36.0. The predicted octanol–water partition coefficient (Wildman–Crippen LogP) is 0.834. The Balaban J connectivity index is 2.96. The van der Waals surface area contributed by atoms with E-state index in [1.807, 2.05) is 0 Å². The number of hydrogen-bond donors (Lipinski definition) is 0. The first-order valence-corrected chi connectivity index (χ1v) is 2.43. The maximum Gasteiger partial charge on any atom is 0.453 e. The van der Waals surface area contributed by atoms with Gasteiger partial charge in [-0.1, -0.05) is 0 Å². The largest absolute Gasteiger partial charge is 0.453 e. The maximum absolute atomic E-state index is 11.7. The molecule has 0 N–H and O–H groups in total. The van der Waals surface area contributed by atoms with E-state index in [1.54, 1.807) is 0 Å². The standard InChI is InChI=1S/C4H4F3N3/c1-10-2-8-3(9-10)4(5,6)7/h2H,1H3. The van der Waals surface area contributed by atoms with Crippen LogP contribution < -0.4 is 0 Å². The van der Waals surface area contributed by atoms with Crippen LogP contribution in [-0.2, 0) is 13.2 Å². The van der Waals surface area contributed by atoms with Crippen LogP contribution in [0.5, 0.6) is 0 Å². The van der Waals surface area contributed by atoms with Gasteiger partial charge in [0.15, 0.2) is 0 Å². The van der Waals surface area contributed by atoms with Gasteiger partial charge in [-0.2, -0.15) is 13.2 Å². The van der Waals surface area contributed by atoms with Crippen molar-refractivity contribution in [1.82, 2.24) is 14.8 Å². The van der Waals surface area contributed by atoms with Gasteiger partial charge in [-0.3, -0.25) is 4.68 Å². The van der Waals surface area contributed by atoms with Gasteiger partial charge in [0.2, 0.25) is 0 Å². The average molecular weight is 151 g/mol. The summed E-state index contributed by atoms with van der Waals surface area (Å²) in [5, 5.41) is 3.06. The molecule has 1 heterocycles. The van der Waals surface area contributed by atoms with Crippen LogP contribution in [0, 0.1) is 0 Å². The van der Waals surface area contributed by atoms with E-state index in [9.17, 15) is 13.2 Å². The number of hydrogen-bond acceptors (Lipinski definition) is 2.